The molecule has 0 bridgehead atoms. The van der Waals surface area contributed by atoms with E-state index in [9.17, 15) is 9.59 Å². The Morgan fingerprint density at radius 3 is 2.63 bits per heavy atom. The number of aromatic nitrogens is 1. The monoisotopic (exact) mass is 431 g/mol. The summed E-state index contributed by atoms with van der Waals surface area (Å²) >= 11 is 6.28. The van der Waals surface area contributed by atoms with Gasteiger partial charge in [0.1, 0.15) is 11.3 Å². The summed E-state index contributed by atoms with van der Waals surface area (Å²) < 4.78 is 7.10. The molecule has 0 fully saturated rings. The second kappa shape index (κ2) is 12.9. The van der Waals surface area contributed by atoms with Crippen molar-refractivity contribution in [2.24, 2.45) is 12.1 Å². The molecule has 0 unspecified atom stereocenters. The molecule has 0 aliphatic rings. The molecule has 162 valence electrons. The first-order chi connectivity index (χ1) is 14.5. The van der Waals surface area contributed by atoms with Crippen LogP contribution in [0.1, 0.15) is 67.8 Å². The van der Waals surface area contributed by atoms with Gasteiger partial charge in [-0.25, -0.2) is 5.43 Å². The number of nitrogens with one attached hydrogen (secondary N) is 1. The van der Waals surface area contributed by atoms with Crippen molar-refractivity contribution in [3.63, 3.8) is 0 Å². The van der Waals surface area contributed by atoms with Gasteiger partial charge in [-0.15, -0.1) is 0 Å². The van der Waals surface area contributed by atoms with Gasteiger partial charge in [0.2, 0.25) is 0 Å². The number of pyridine rings is 1. The fraction of sp³-hybridized carbons (Fsp3) is 0.435. The molecular formula is C23H30ClN3O3. The molecule has 1 N–H and O–H groups in total. The van der Waals surface area contributed by atoms with Crippen LogP contribution in [0.4, 0.5) is 0 Å². The summed E-state index contributed by atoms with van der Waals surface area (Å²) in [7, 11) is 1.58. The summed E-state index contributed by atoms with van der Waals surface area (Å²) in [4.78, 5) is 24.0. The van der Waals surface area contributed by atoms with Crippen LogP contribution in [0.5, 0.6) is 5.75 Å². The zero-order valence-corrected chi connectivity index (χ0v) is 18.5. The molecule has 0 spiro atoms. The molecule has 0 radical (unpaired) electrons. The molecule has 0 saturated carbocycles. The fourth-order valence-corrected chi connectivity index (χ4v) is 3.20. The van der Waals surface area contributed by atoms with E-state index < -0.39 is 5.91 Å². The zero-order valence-electron chi connectivity index (χ0n) is 17.7. The van der Waals surface area contributed by atoms with Crippen molar-refractivity contribution in [2.45, 2.75) is 51.9 Å². The van der Waals surface area contributed by atoms with E-state index in [0.29, 0.717) is 22.9 Å². The molecule has 2 rings (SSSR count). The largest absolute Gasteiger partial charge is 0.492 e. The van der Waals surface area contributed by atoms with E-state index in [2.05, 4.69) is 17.5 Å². The molecule has 30 heavy (non-hydrogen) atoms. The summed E-state index contributed by atoms with van der Waals surface area (Å²) in [6.07, 6.45) is 11.7. The number of rotatable bonds is 12. The number of nitrogens with zero attached hydrogens (tertiary/aromatic N) is 2. The molecule has 0 atom stereocenters. The minimum absolute atomic E-state index is 0.0318. The van der Waals surface area contributed by atoms with E-state index >= 15 is 0 Å². The van der Waals surface area contributed by atoms with Gasteiger partial charge in [0, 0.05) is 13.2 Å². The number of halogens is 1. The van der Waals surface area contributed by atoms with Gasteiger partial charge < -0.3 is 9.30 Å². The van der Waals surface area contributed by atoms with Crippen molar-refractivity contribution in [3.05, 3.63) is 63.0 Å². The minimum Gasteiger partial charge on any atom is -0.492 e. The Kier molecular flexibility index (Phi) is 10.1. The van der Waals surface area contributed by atoms with Crippen LogP contribution < -0.4 is 15.7 Å². The van der Waals surface area contributed by atoms with Gasteiger partial charge in [0.05, 0.1) is 17.8 Å². The quantitative estimate of drug-likeness (QED) is 0.294. The van der Waals surface area contributed by atoms with Crippen LogP contribution in [0.25, 0.3) is 0 Å². The molecule has 1 heterocycles. The summed E-state index contributed by atoms with van der Waals surface area (Å²) in [5, 5.41) is 4.40. The maximum atomic E-state index is 12.1. The average Bonchev–Trinajstić information content (AvgIpc) is 2.73. The predicted molar refractivity (Wildman–Crippen MR) is 122 cm³/mol. The van der Waals surface area contributed by atoms with Crippen molar-refractivity contribution in [2.75, 3.05) is 6.61 Å². The van der Waals surface area contributed by atoms with E-state index in [1.807, 2.05) is 6.07 Å². The Hall–Kier alpha value is -2.60. The van der Waals surface area contributed by atoms with Crippen molar-refractivity contribution in [1.82, 2.24) is 9.99 Å². The van der Waals surface area contributed by atoms with Crippen molar-refractivity contribution in [1.29, 1.82) is 0 Å². The molecule has 1 aromatic carbocycles. The van der Waals surface area contributed by atoms with E-state index in [0.717, 1.165) is 12.8 Å². The molecule has 0 aliphatic heterocycles. The van der Waals surface area contributed by atoms with Crippen LogP contribution in [0, 0.1) is 0 Å². The van der Waals surface area contributed by atoms with Crippen LogP contribution in [-0.4, -0.2) is 23.3 Å². The lowest BCUT2D eigenvalue weighted by atomic mass is 10.1. The predicted octanol–water partition coefficient (Wildman–Crippen LogP) is 4.93. The van der Waals surface area contributed by atoms with Gasteiger partial charge in [0.25, 0.3) is 11.5 Å². The third-order valence-electron chi connectivity index (χ3n) is 4.71. The molecule has 1 aromatic heterocycles. The highest BCUT2D eigenvalue weighted by atomic mass is 35.5. The number of benzene rings is 1. The Bertz CT molecular complexity index is 909. The maximum Gasteiger partial charge on any atom is 0.276 e. The molecule has 6 nitrogen and oxygen atoms in total. The lowest BCUT2D eigenvalue weighted by Gasteiger charge is -2.08. The number of hydrazone groups is 1. The number of hydrogen-bond acceptors (Lipinski definition) is 4. The Morgan fingerprint density at radius 2 is 1.90 bits per heavy atom. The molecule has 0 aliphatic carbocycles. The number of hydrogen-bond donors (Lipinski definition) is 1. The Morgan fingerprint density at radius 1 is 1.17 bits per heavy atom. The lowest BCUT2D eigenvalue weighted by Crippen LogP contribution is -2.29. The number of carbonyl (C=O) groups excluding carboxylic acids is 1. The van der Waals surface area contributed by atoms with Crippen LogP contribution in [0.2, 0.25) is 5.02 Å². The highest BCUT2D eigenvalue weighted by Gasteiger charge is 2.09. The third kappa shape index (κ3) is 7.67. The van der Waals surface area contributed by atoms with Crippen LogP contribution >= 0.6 is 11.6 Å². The molecule has 7 heteroatoms. The van der Waals surface area contributed by atoms with Crippen LogP contribution in [0.3, 0.4) is 0 Å². The van der Waals surface area contributed by atoms with Gasteiger partial charge in [-0.2, -0.15) is 5.10 Å². The first kappa shape index (κ1) is 23.7. The summed E-state index contributed by atoms with van der Waals surface area (Å²) in [5.74, 6) is 0.0739. The zero-order chi connectivity index (χ0) is 21.8. The second-order valence-corrected chi connectivity index (χ2v) is 7.60. The Labute approximate surface area is 182 Å². The number of unbranched alkanes of at least 4 members (excludes halogenated alkanes) is 6. The van der Waals surface area contributed by atoms with E-state index in [1.165, 1.54) is 49.0 Å². The maximum absolute atomic E-state index is 12.1. The number of ether oxygens (including phenoxy) is 1. The van der Waals surface area contributed by atoms with Gasteiger partial charge in [0.15, 0.2) is 0 Å². The summed E-state index contributed by atoms with van der Waals surface area (Å²) in [6, 6.07) is 8.41. The minimum atomic E-state index is -0.562. The smallest absolute Gasteiger partial charge is 0.276 e. The fourth-order valence-electron chi connectivity index (χ4n) is 2.95. The van der Waals surface area contributed by atoms with Gasteiger partial charge in [-0.05, 0) is 42.3 Å². The first-order valence-corrected chi connectivity index (χ1v) is 10.8. The van der Waals surface area contributed by atoms with Gasteiger partial charge >= 0.3 is 0 Å². The SMILES string of the molecule is CCCCCCCCCOc1ccc(/C=N\NC(=O)c2cccn(C)c2=O)cc1Cl. The van der Waals surface area contributed by atoms with Crippen molar-refractivity contribution < 1.29 is 9.53 Å². The topological polar surface area (TPSA) is 72.7 Å². The van der Waals surface area contributed by atoms with Crippen LogP contribution in [-0.2, 0) is 7.05 Å². The van der Waals surface area contributed by atoms with Gasteiger partial charge in [-0.1, -0.05) is 57.0 Å². The van der Waals surface area contributed by atoms with Crippen molar-refractivity contribution in [3.8, 4) is 5.75 Å². The first-order valence-electron chi connectivity index (χ1n) is 10.4. The van der Waals surface area contributed by atoms with Crippen molar-refractivity contribution >= 4 is 23.7 Å². The summed E-state index contributed by atoms with van der Waals surface area (Å²) in [5.41, 5.74) is 2.72. The molecule has 0 saturated heterocycles. The lowest BCUT2D eigenvalue weighted by molar-refractivity contribution is 0.0953. The normalized spacial score (nSPS) is 11.0. The highest BCUT2D eigenvalue weighted by molar-refractivity contribution is 6.32. The average molecular weight is 432 g/mol. The second-order valence-electron chi connectivity index (χ2n) is 7.20. The van der Waals surface area contributed by atoms with Gasteiger partial charge in [-0.3, -0.25) is 9.59 Å². The summed E-state index contributed by atoms with van der Waals surface area (Å²) in [6.45, 7) is 2.86. The van der Waals surface area contributed by atoms with E-state index in [-0.39, 0.29) is 11.1 Å². The van der Waals surface area contributed by atoms with E-state index in [4.69, 9.17) is 16.3 Å². The number of aryl methyl sites for hydroxylation is 1. The standard InChI is InChI=1S/C23H30ClN3O3/c1-3-4-5-6-7-8-9-15-30-21-13-12-18(16-20(21)24)17-25-26-22(28)19-11-10-14-27(2)23(19)29/h10-14,16-17H,3-9,15H2,1-2H3,(H,26,28)/b25-17-. The number of amides is 1. The Balaban J connectivity index is 1.78. The molecule has 2 aromatic rings. The van der Waals surface area contributed by atoms with E-state index in [1.54, 1.807) is 31.4 Å². The highest BCUT2D eigenvalue weighted by Crippen LogP contribution is 2.25. The third-order valence-corrected chi connectivity index (χ3v) is 5.00. The molecular weight excluding hydrogens is 402 g/mol. The number of carbonyl (C=O) groups is 1. The molecule has 1 amide bonds. The van der Waals surface area contributed by atoms with Crippen LogP contribution in [0.15, 0.2) is 46.4 Å².